The van der Waals surface area contributed by atoms with Crippen LogP contribution in [0, 0.1) is 0 Å². The Hall–Kier alpha value is -3.15. The average Bonchev–Trinajstić information content (AvgIpc) is 3.45. The second kappa shape index (κ2) is 67.4. The number of hydrogen-bond acceptors (Lipinski definition) is 6. The van der Waals surface area contributed by atoms with Crippen LogP contribution in [0.5, 0.6) is 0 Å². The molecule has 0 aliphatic heterocycles. The Morgan fingerprint density at radius 3 is 0.772 bits per heavy atom. The lowest BCUT2D eigenvalue weighted by Crippen LogP contribution is -2.30. The van der Waals surface area contributed by atoms with Crippen molar-refractivity contribution in [2.75, 3.05) is 13.2 Å². The van der Waals surface area contributed by atoms with E-state index in [-0.39, 0.29) is 31.1 Å². The van der Waals surface area contributed by atoms with E-state index in [2.05, 4.69) is 93.7 Å². The van der Waals surface area contributed by atoms with Crippen LogP contribution in [0.2, 0.25) is 0 Å². The van der Waals surface area contributed by atoms with Gasteiger partial charge in [0.1, 0.15) is 13.2 Å². The molecule has 0 heterocycles. The fourth-order valence-electron chi connectivity index (χ4n) is 9.96. The van der Waals surface area contributed by atoms with Crippen LogP contribution in [0.3, 0.4) is 0 Å². The fraction of sp³-hybridized carbons (Fsp3) is 0.795. The van der Waals surface area contributed by atoms with Crippen LogP contribution in [0.1, 0.15) is 355 Å². The normalized spacial score (nSPS) is 12.5. The van der Waals surface area contributed by atoms with E-state index >= 15 is 0 Å². The summed E-state index contributed by atoms with van der Waals surface area (Å²) in [6.45, 7) is 6.59. The summed E-state index contributed by atoms with van der Waals surface area (Å²) in [6.07, 6.45) is 87.8. The summed E-state index contributed by atoms with van der Waals surface area (Å²) in [7, 11) is 0. The lowest BCUT2D eigenvalue weighted by Gasteiger charge is -2.18. The average molecular weight is 1100 g/mol. The maximum atomic E-state index is 12.9. The molecule has 0 aliphatic rings. The van der Waals surface area contributed by atoms with Crippen molar-refractivity contribution in [3.8, 4) is 0 Å². The van der Waals surface area contributed by atoms with Gasteiger partial charge in [0.2, 0.25) is 0 Å². The number of carbonyl (C=O) groups excluding carboxylic acids is 3. The van der Waals surface area contributed by atoms with Gasteiger partial charge in [-0.3, -0.25) is 14.4 Å². The minimum atomic E-state index is -0.789. The molecule has 0 aromatic carbocycles. The van der Waals surface area contributed by atoms with Gasteiger partial charge >= 0.3 is 17.9 Å². The van der Waals surface area contributed by atoms with E-state index in [1.165, 1.54) is 205 Å². The molecule has 0 rings (SSSR count). The van der Waals surface area contributed by atoms with Gasteiger partial charge in [-0.25, -0.2) is 0 Å². The van der Waals surface area contributed by atoms with E-state index in [0.717, 1.165) is 109 Å². The van der Waals surface area contributed by atoms with Gasteiger partial charge in [0.05, 0.1) is 0 Å². The predicted molar refractivity (Wildman–Crippen MR) is 344 cm³/mol. The Bertz CT molecular complexity index is 1450. The van der Waals surface area contributed by atoms with Crippen molar-refractivity contribution in [1.82, 2.24) is 0 Å². The molecule has 79 heavy (non-hydrogen) atoms. The number of unbranched alkanes of at least 4 members (excludes halogenated alkanes) is 40. The molecule has 0 aliphatic carbocycles. The number of ether oxygens (including phenoxy) is 3. The van der Waals surface area contributed by atoms with Crippen LogP contribution in [-0.2, 0) is 28.6 Å². The van der Waals surface area contributed by atoms with Crippen molar-refractivity contribution >= 4 is 17.9 Å². The minimum Gasteiger partial charge on any atom is -0.462 e. The molecule has 0 amide bonds. The molecular weight excluding hydrogens is 973 g/mol. The summed E-state index contributed by atoms with van der Waals surface area (Å²) in [5.74, 6) is -0.894. The molecule has 458 valence electrons. The number of hydrogen-bond donors (Lipinski definition) is 0. The first-order valence-corrected chi connectivity index (χ1v) is 34.4. The first-order chi connectivity index (χ1) is 39.0. The first kappa shape index (κ1) is 75.8. The number of allylic oxidation sites excluding steroid dienone is 12. The monoisotopic (exact) mass is 1100 g/mol. The van der Waals surface area contributed by atoms with Gasteiger partial charge in [0.25, 0.3) is 0 Å². The maximum Gasteiger partial charge on any atom is 0.306 e. The smallest absolute Gasteiger partial charge is 0.306 e. The molecule has 0 fully saturated rings. The van der Waals surface area contributed by atoms with Crippen molar-refractivity contribution in [1.29, 1.82) is 0 Å². The molecule has 0 spiro atoms. The molecule has 6 nitrogen and oxygen atoms in total. The molecule has 0 bridgehead atoms. The van der Waals surface area contributed by atoms with Crippen molar-refractivity contribution in [2.45, 2.75) is 361 Å². The van der Waals surface area contributed by atoms with Gasteiger partial charge in [0.15, 0.2) is 6.10 Å². The summed E-state index contributed by atoms with van der Waals surface area (Å²) in [5, 5.41) is 0. The van der Waals surface area contributed by atoms with Gasteiger partial charge in [-0.1, -0.05) is 299 Å². The summed E-state index contributed by atoms with van der Waals surface area (Å²) in [6, 6.07) is 0. The van der Waals surface area contributed by atoms with Crippen molar-refractivity contribution in [3.63, 3.8) is 0 Å². The van der Waals surface area contributed by atoms with Crippen molar-refractivity contribution in [2.24, 2.45) is 0 Å². The molecule has 0 radical (unpaired) electrons. The molecule has 6 heteroatoms. The Labute approximate surface area is 491 Å². The SMILES string of the molecule is CCC/C=C\C/C=C\CCCCCCCC(=O)OCC(COC(=O)CCCCCCCCCCCCCCCCC/C=C\CCCCCCCCCC)OC(=O)CCCCCCCC/C=C\C/C=C\C/C=C\CCCCCCC. The van der Waals surface area contributed by atoms with E-state index in [9.17, 15) is 14.4 Å². The topological polar surface area (TPSA) is 78.9 Å². The Morgan fingerprint density at radius 1 is 0.253 bits per heavy atom. The summed E-state index contributed by atoms with van der Waals surface area (Å²) < 4.78 is 16.9. The molecule has 0 saturated heterocycles. The molecular formula is C73H130O6. The van der Waals surface area contributed by atoms with E-state index < -0.39 is 6.10 Å². The second-order valence-corrected chi connectivity index (χ2v) is 23.1. The number of carbonyl (C=O) groups is 3. The van der Waals surface area contributed by atoms with E-state index in [1.807, 2.05) is 0 Å². The standard InChI is InChI=1S/C73H130O6/c1-4-7-10-13-16-19-22-25-27-29-31-33-34-35-36-37-38-40-41-43-45-48-51-54-57-60-63-66-72(75)78-69-70(68-77-71(74)65-62-59-56-53-50-47-24-21-18-15-12-9-6-3)79-73(76)67-64-61-58-55-52-49-46-44-42-39-32-30-28-26-23-20-17-14-11-8-5-2/h12,15,21,23-24,26,29-32,42,44,70H,4-11,13-14,16-20,22,25,27-28,33-41,43,45-69H2,1-3H3/b15-12-,24-21-,26-23-,31-29-,32-30-,44-42-. The molecule has 1 unspecified atom stereocenters. The molecule has 0 aromatic heterocycles. The quantitative estimate of drug-likeness (QED) is 0.0261. The summed E-state index contributed by atoms with van der Waals surface area (Å²) in [5.41, 5.74) is 0. The highest BCUT2D eigenvalue weighted by Crippen LogP contribution is 2.17. The van der Waals surface area contributed by atoms with Gasteiger partial charge in [-0.2, -0.15) is 0 Å². The van der Waals surface area contributed by atoms with Crippen LogP contribution < -0.4 is 0 Å². The molecule has 1 atom stereocenters. The van der Waals surface area contributed by atoms with Gasteiger partial charge in [0, 0.05) is 19.3 Å². The van der Waals surface area contributed by atoms with Crippen molar-refractivity contribution in [3.05, 3.63) is 72.9 Å². The summed E-state index contributed by atoms with van der Waals surface area (Å²) >= 11 is 0. The zero-order valence-electron chi connectivity index (χ0n) is 52.6. The van der Waals surface area contributed by atoms with Crippen LogP contribution in [0.15, 0.2) is 72.9 Å². The third-order valence-electron chi connectivity index (χ3n) is 15.1. The molecule has 0 N–H and O–H groups in total. The zero-order valence-corrected chi connectivity index (χ0v) is 52.6. The third kappa shape index (κ3) is 65.5. The van der Waals surface area contributed by atoms with Crippen LogP contribution in [-0.4, -0.2) is 37.2 Å². The Morgan fingerprint density at radius 2 is 0.481 bits per heavy atom. The van der Waals surface area contributed by atoms with Crippen LogP contribution >= 0.6 is 0 Å². The molecule has 0 saturated carbocycles. The highest BCUT2D eigenvalue weighted by atomic mass is 16.6. The number of esters is 3. The Balaban J connectivity index is 4.28. The van der Waals surface area contributed by atoms with E-state index in [4.69, 9.17) is 14.2 Å². The second-order valence-electron chi connectivity index (χ2n) is 23.1. The first-order valence-electron chi connectivity index (χ1n) is 34.4. The predicted octanol–water partition coefficient (Wildman–Crippen LogP) is 23.7. The zero-order chi connectivity index (χ0) is 57.1. The van der Waals surface area contributed by atoms with Gasteiger partial charge in [-0.15, -0.1) is 0 Å². The number of rotatable bonds is 63. The highest BCUT2D eigenvalue weighted by Gasteiger charge is 2.19. The lowest BCUT2D eigenvalue weighted by molar-refractivity contribution is -0.167. The van der Waals surface area contributed by atoms with Gasteiger partial charge < -0.3 is 14.2 Å². The Kier molecular flexibility index (Phi) is 64.7. The van der Waals surface area contributed by atoms with Crippen LogP contribution in [0.4, 0.5) is 0 Å². The van der Waals surface area contributed by atoms with E-state index in [0.29, 0.717) is 19.3 Å². The minimum absolute atomic E-state index is 0.0833. The van der Waals surface area contributed by atoms with E-state index in [1.54, 1.807) is 0 Å². The fourth-order valence-corrected chi connectivity index (χ4v) is 9.96. The highest BCUT2D eigenvalue weighted by molar-refractivity contribution is 5.71. The van der Waals surface area contributed by atoms with Crippen molar-refractivity contribution < 1.29 is 28.6 Å². The third-order valence-corrected chi connectivity index (χ3v) is 15.1. The summed E-state index contributed by atoms with van der Waals surface area (Å²) in [4.78, 5) is 38.4. The lowest BCUT2D eigenvalue weighted by atomic mass is 10.0. The van der Waals surface area contributed by atoms with Gasteiger partial charge in [-0.05, 0) is 109 Å². The largest absolute Gasteiger partial charge is 0.462 e. The van der Waals surface area contributed by atoms with Crippen LogP contribution in [0.25, 0.3) is 0 Å². The molecule has 0 aromatic rings. The maximum absolute atomic E-state index is 12.9.